The molecule has 0 radical (unpaired) electrons. The number of aliphatic hydroxyl groups excluding tert-OH is 1. The predicted octanol–water partition coefficient (Wildman–Crippen LogP) is 1.44. The van der Waals surface area contributed by atoms with E-state index < -0.39 is 0 Å². The van der Waals surface area contributed by atoms with Gasteiger partial charge in [-0.15, -0.1) is 0 Å². The van der Waals surface area contributed by atoms with Crippen molar-refractivity contribution < 1.29 is 9.90 Å². The van der Waals surface area contributed by atoms with Gasteiger partial charge in [0, 0.05) is 50.2 Å². The lowest BCUT2D eigenvalue weighted by molar-refractivity contribution is -0.118. The van der Waals surface area contributed by atoms with Gasteiger partial charge in [0.2, 0.25) is 0 Å². The van der Waals surface area contributed by atoms with Gasteiger partial charge in [0.05, 0.1) is 11.8 Å². The molecule has 2 unspecified atom stereocenters. The van der Waals surface area contributed by atoms with Crippen molar-refractivity contribution in [2.45, 2.75) is 25.2 Å². The maximum absolute atomic E-state index is 13.1. The molecule has 4 heterocycles. The molecular weight excluding hydrogens is 378 g/mol. The number of carbonyl (C=O) groups excluding carboxylic acids is 1. The Morgan fingerprint density at radius 2 is 2.17 bits per heavy atom. The van der Waals surface area contributed by atoms with Gasteiger partial charge in [-0.05, 0) is 29.5 Å². The Labute approximate surface area is 175 Å². The molecule has 7 nitrogen and oxygen atoms in total. The lowest BCUT2D eigenvalue weighted by atomic mass is 10.1. The SMILES string of the molecule is O=C(NCc1cncc2ccccc12)C1=C2C=CC=CN2C(CN2CCC(O)C2)N1. The number of aromatic nitrogens is 1. The molecule has 0 spiro atoms. The van der Waals surface area contributed by atoms with Crippen molar-refractivity contribution in [1.29, 1.82) is 0 Å². The molecule has 3 N–H and O–H groups in total. The van der Waals surface area contributed by atoms with E-state index in [-0.39, 0.29) is 18.2 Å². The second kappa shape index (κ2) is 7.93. The number of allylic oxidation sites excluding steroid dienone is 3. The van der Waals surface area contributed by atoms with Gasteiger partial charge in [-0.2, -0.15) is 0 Å². The summed E-state index contributed by atoms with van der Waals surface area (Å²) in [5.74, 6) is -0.133. The van der Waals surface area contributed by atoms with Crippen molar-refractivity contribution in [1.82, 2.24) is 25.4 Å². The van der Waals surface area contributed by atoms with E-state index in [1.54, 1.807) is 6.20 Å². The van der Waals surface area contributed by atoms with Crippen LogP contribution in [0.25, 0.3) is 10.8 Å². The van der Waals surface area contributed by atoms with Crippen LogP contribution >= 0.6 is 0 Å². The second-order valence-electron chi connectivity index (χ2n) is 7.93. The molecule has 5 rings (SSSR count). The van der Waals surface area contributed by atoms with Crippen LogP contribution in [0.4, 0.5) is 0 Å². The first-order chi connectivity index (χ1) is 14.7. The molecule has 0 saturated carbocycles. The molecule has 7 heteroatoms. The Hall–Kier alpha value is -3.16. The largest absolute Gasteiger partial charge is 0.392 e. The number of fused-ring (bicyclic) bond motifs is 2. The van der Waals surface area contributed by atoms with Crippen molar-refractivity contribution in [3.63, 3.8) is 0 Å². The highest BCUT2D eigenvalue weighted by atomic mass is 16.3. The van der Waals surface area contributed by atoms with Gasteiger partial charge in [-0.1, -0.05) is 30.3 Å². The van der Waals surface area contributed by atoms with E-state index >= 15 is 0 Å². The molecule has 1 aromatic carbocycles. The number of β-amino-alcohol motifs (C(OH)–C–C–N with tert-alkyl or cyclic N) is 1. The molecule has 1 fully saturated rings. The van der Waals surface area contributed by atoms with Gasteiger partial charge in [0.1, 0.15) is 11.9 Å². The fourth-order valence-corrected chi connectivity index (χ4v) is 4.37. The number of nitrogens with one attached hydrogen (secondary N) is 2. The minimum atomic E-state index is -0.257. The third-order valence-corrected chi connectivity index (χ3v) is 5.89. The van der Waals surface area contributed by atoms with E-state index in [9.17, 15) is 9.90 Å². The second-order valence-corrected chi connectivity index (χ2v) is 7.93. The molecule has 154 valence electrons. The Morgan fingerprint density at radius 1 is 1.27 bits per heavy atom. The van der Waals surface area contributed by atoms with Crippen LogP contribution in [0.3, 0.4) is 0 Å². The molecule has 0 bridgehead atoms. The number of nitrogens with zero attached hydrogens (tertiary/aromatic N) is 3. The van der Waals surface area contributed by atoms with Crippen molar-refractivity contribution in [2.24, 2.45) is 0 Å². The number of likely N-dealkylation sites (tertiary alicyclic amines) is 1. The van der Waals surface area contributed by atoms with E-state index in [2.05, 4.69) is 25.4 Å². The first kappa shape index (κ1) is 18.8. The molecule has 2 aromatic rings. The zero-order valence-electron chi connectivity index (χ0n) is 16.7. The first-order valence-electron chi connectivity index (χ1n) is 10.3. The van der Waals surface area contributed by atoms with Crippen molar-refractivity contribution in [3.8, 4) is 0 Å². The van der Waals surface area contributed by atoms with Crippen LogP contribution in [0.1, 0.15) is 12.0 Å². The number of hydrogen-bond acceptors (Lipinski definition) is 6. The molecule has 2 atom stereocenters. The highest BCUT2D eigenvalue weighted by molar-refractivity contribution is 5.95. The Kier molecular flexibility index (Phi) is 4.98. The fraction of sp³-hybridized carbons (Fsp3) is 0.304. The molecule has 0 aliphatic carbocycles. The quantitative estimate of drug-likeness (QED) is 0.701. The van der Waals surface area contributed by atoms with Crippen molar-refractivity contribution in [2.75, 3.05) is 19.6 Å². The summed E-state index contributed by atoms with van der Waals surface area (Å²) in [7, 11) is 0. The van der Waals surface area contributed by atoms with Crippen LogP contribution in [0, 0.1) is 0 Å². The average Bonchev–Trinajstić information content (AvgIpc) is 3.36. The van der Waals surface area contributed by atoms with Gasteiger partial charge in [-0.25, -0.2) is 0 Å². The monoisotopic (exact) mass is 403 g/mol. The lowest BCUT2D eigenvalue weighted by Gasteiger charge is -2.29. The summed E-state index contributed by atoms with van der Waals surface area (Å²) in [6.07, 6.45) is 12.0. The predicted molar refractivity (Wildman–Crippen MR) is 115 cm³/mol. The minimum Gasteiger partial charge on any atom is -0.392 e. The minimum absolute atomic E-state index is 0.0357. The molecule has 3 aliphatic heterocycles. The number of benzene rings is 1. The topological polar surface area (TPSA) is 80.7 Å². The molecule has 30 heavy (non-hydrogen) atoms. The zero-order valence-corrected chi connectivity index (χ0v) is 16.7. The third kappa shape index (κ3) is 3.58. The molecule has 1 amide bonds. The smallest absolute Gasteiger partial charge is 0.269 e. The lowest BCUT2D eigenvalue weighted by Crippen LogP contribution is -2.45. The number of aliphatic hydroxyl groups is 1. The molecule has 3 aliphatic rings. The van der Waals surface area contributed by atoms with E-state index in [0.717, 1.165) is 41.5 Å². The number of carbonyl (C=O) groups is 1. The number of amides is 1. The Balaban J connectivity index is 1.30. The Morgan fingerprint density at radius 3 is 3.03 bits per heavy atom. The summed E-state index contributed by atoms with van der Waals surface area (Å²) >= 11 is 0. The maximum atomic E-state index is 13.1. The molecule has 1 aromatic heterocycles. The highest BCUT2D eigenvalue weighted by Crippen LogP contribution is 2.26. The van der Waals surface area contributed by atoms with Crippen LogP contribution in [-0.4, -0.2) is 57.7 Å². The summed E-state index contributed by atoms with van der Waals surface area (Å²) in [6, 6.07) is 8.05. The van der Waals surface area contributed by atoms with Crippen LogP contribution in [0.2, 0.25) is 0 Å². The number of hydrogen-bond donors (Lipinski definition) is 3. The highest BCUT2D eigenvalue weighted by Gasteiger charge is 2.35. The maximum Gasteiger partial charge on any atom is 0.269 e. The van der Waals surface area contributed by atoms with Crippen LogP contribution in [-0.2, 0) is 11.3 Å². The van der Waals surface area contributed by atoms with Gasteiger partial charge in [0.15, 0.2) is 0 Å². The average molecular weight is 403 g/mol. The summed E-state index contributed by atoms with van der Waals surface area (Å²) in [5, 5.41) is 18.4. The van der Waals surface area contributed by atoms with E-state index in [1.165, 1.54) is 0 Å². The Bertz CT molecular complexity index is 1060. The van der Waals surface area contributed by atoms with E-state index in [1.807, 2.05) is 54.9 Å². The fourth-order valence-electron chi connectivity index (χ4n) is 4.37. The summed E-state index contributed by atoms with van der Waals surface area (Å²) in [5.41, 5.74) is 2.44. The van der Waals surface area contributed by atoms with Crippen LogP contribution < -0.4 is 10.6 Å². The van der Waals surface area contributed by atoms with Crippen molar-refractivity contribution in [3.05, 3.63) is 78.0 Å². The summed E-state index contributed by atoms with van der Waals surface area (Å²) < 4.78 is 0. The molecular formula is C23H25N5O2. The standard InChI is InChI=1S/C23H25N5O2/c29-18-8-10-27(14-18)15-21-26-22(20-7-3-4-9-28(20)21)23(30)25-13-17-12-24-11-16-5-1-2-6-19(16)17/h1-7,9,11-12,18,21,26,29H,8,10,13-15H2,(H,25,30). The number of pyridine rings is 1. The van der Waals surface area contributed by atoms with Gasteiger partial charge >= 0.3 is 0 Å². The van der Waals surface area contributed by atoms with E-state index in [4.69, 9.17) is 0 Å². The van der Waals surface area contributed by atoms with Gasteiger partial charge in [-0.3, -0.25) is 14.7 Å². The molecule has 1 saturated heterocycles. The van der Waals surface area contributed by atoms with Crippen molar-refractivity contribution >= 4 is 16.7 Å². The van der Waals surface area contributed by atoms with Crippen LogP contribution in [0.5, 0.6) is 0 Å². The first-order valence-corrected chi connectivity index (χ1v) is 10.3. The third-order valence-electron chi connectivity index (χ3n) is 5.89. The summed E-state index contributed by atoms with van der Waals surface area (Å²) in [6.45, 7) is 2.70. The van der Waals surface area contributed by atoms with E-state index in [0.29, 0.717) is 18.8 Å². The van der Waals surface area contributed by atoms with Gasteiger partial charge in [0.25, 0.3) is 5.91 Å². The summed E-state index contributed by atoms with van der Waals surface area (Å²) in [4.78, 5) is 21.7. The normalized spacial score (nSPS) is 23.2. The number of rotatable bonds is 5. The van der Waals surface area contributed by atoms with Gasteiger partial charge < -0.3 is 20.6 Å². The zero-order chi connectivity index (χ0) is 20.5. The van der Waals surface area contributed by atoms with Crippen LogP contribution in [0.15, 0.2) is 72.5 Å².